The van der Waals surface area contributed by atoms with Crippen molar-refractivity contribution in [3.8, 4) is 0 Å². The average Bonchev–Trinajstić information content (AvgIpc) is 3.11. The zero-order chi connectivity index (χ0) is 21.0. The van der Waals surface area contributed by atoms with E-state index in [2.05, 4.69) is 0 Å². The Kier molecular flexibility index (Phi) is 6.80. The molecule has 7 nitrogen and oxygen atoms in total. The third-order valence-electron chi connectivity index (χ3n) is 4.92. The largest absolute Gasteiger partial charge is 0.443 e. The van der Waals surface area contributed by atoms with E-state index >= 15 is 0 Å². The standard InChI is InChI=1S/C22H32N2O5/c1-16-12-23(20(25)15-27-14-17-8-7-11-28-17)18-9-5-6-10-19(18)24(13-16)21(26)29-22(2,3)4/h5-6,9-10,16-17H,7-8,11-15H2,1-4H3. The molecule has 1 aromatic rings. The van der Waals surface area contributed by atoms with Crippen molar-refractivity contribution >= 4 is 23.4 Å². The van der Waals surface area contributed by atoms with Crippen LogP contribution in [0.5, 0.6) is 0 Å². The molecule has 0 saturated carbocycles. The highest BCUT2D eigenvalue weighted by Crippen LogP contribution is 2.34. The Morgan fingerprint density at radius 3 is 2.41 bits per heavy atom. The van der Waals surface area contributed by atoms with Crippen molar-refractivity contribution in [3.63, 3.8) is 0 Å². The van der Waals surface area contributed by atoms with Crippen molar-refractivity contribution < 1.29 is 23.8 Å². The Bertz CT molecular complexity index is 724. The van der Waals surface area contributed by atoms with Gasteiger partial charge in [0.15, 0.2) is 0 Å². The molecule has 0 aliphatic carbocycles. The van der Waals surface area contributed by atoms with E-state index in [4.69, 9.17) is 14.2 Å². The molecule has 0 spiro atoms. The first-order chi connectivity index (χ1) is 13.7. The number of anilines is 2. The quantitative estimate of drug-likeness (QED) is 0.767. The highest BCUT2D eigenvalue weighted by molar-refractivity contribution is 6.01. The van der Waals surface area contributed by atoms with Crippen LogP contribution in [-0.2, 0) is 19.0 Å². The highest BCUT2D eigenvalue weighted by atomic mass is 16.6. The third kappa shape index (κ3) is 5.70. The third-order valence-corrected chi connectivity index (χ3v) is 4.92. The Morgan fingerprint density at radius 2 is 1.79 bits per heavy atom. The number of carbonyl (C=O) groups is 2. The van der Waals surface area contributed by atoms with Crippen LogP contribution in [0.3, 0.4) is 0 Å². The second-order valence-corrected chi connectivity index (χ2v) is 8.84. The van der Waals surface area contributed by atoms with Gasteiger partial charge >= 0.3 is 6.09 Å². The number of carbonyl (C=O) groups excluding carboxylic acids is 2. The molecule has 7 heteroatoms. The lowest BCUT2D eigenvalue weighted by Crippen LogP contribution is -2.40. The van der Waals surface area contributed by atoms with Gasteiger partial charge in [-0.3, -0.25) is 9.69 Å². The maximum atomic E-state index is 13.0. The summed E-state index contributed by atoms with van der Waals surface area (Å²) in [5, 5.41) is 0. The van der Waals surface area contributed by atoms with Gasteiger partial charge in [-0.05, 0) is 51.7 Å². The van der Waals surface area contributed by atoms with Gasteiger partial charge in [0.25, 0.3) is 5.91 Å². The summed E-state index contributed by atoms with van der Waals surface area (Å²) in [6.07, 6.45) is 1.70. The second-order valence-electron chi connectivity index (χ2n) is 8.84. The number of rotatable bonds is 4. The van der Waals surface area contributed by atoms with Crippen molar-refractivity contribution in [2.45, 2.75) is 52.2 Å². The number of nitrogens with zero attached hydrogens (tertiary/aromatic N) is 2. The fraction of sp³-hybridized carbons (Fsp3) is 0.636. The minimum Gasteiger partial charge on any atom is -0.443 e. The number of benzene rings is 1. The number of para-hydroxylation sites is 2. The minimum absolute atomic E-state index is 0.00660. The summed E-state index contributed by atoms with van der Waals surface area (Å²) in [5.74, 6) is -0.0367. The van der Waals surface area contributed by atoms with Crippen LogP contribution in [0.1, 0.15) is 40.5 Å². The van der Waals surface area contributed by atoms with Crippen LogP contribution in [0.2, 0.25) is 0 Å². The Balaban J connectivity index is 1.76. The van der Waals surface area contributed by atoms with Gasteiger partial charge in [0.2, 0.25) is 0 Å². The SMILES string of the molecule is CC1CN(C(=O)COCC2CCCO2)c2ccccc2N(C(=O)OC(C)(C)C)C1. The van der Waals surface area contributed by atoms with E-state index in [0.29, 0.717) is 31.1 Å². The molecule has 1 aromatic carbocycles. The van der Waals surface area contributed by atoms with E-state index in [1.807, 2.05) is 52.0 Å². The topological polar surface area (TPSA) is 68.3 Å². The summed E-state index contributed by atoms with van der Waals surface area (Å²) in [4.78, 5) is 29.1. The van der Waals surface area contributed by atoms with Gasteiger partial charge in [-0.1, -0.05) is 19.1 Å². The fourth-order valence-corrected chi connectivity index (χ4v) is 3.66. The summed E-state index contributed by atoms with van der Waals surface area (Å²) in [6, 6.07) is 7.45. The molecule has 160 valence electrons. The van der Waals surface area contributed by atoms with Gasteiger partial charge in [0.05, 0.1) is 24.1 Å². The maximum absolute atomic E-state index is 13.0. The van der Waals surface area contributed by atoms with Crippen LogP contribution in [0.4, 0.5) is 16.2 Å². The van der Waals surface area contributed by atoms with Crippen LogP contribution in [0.25, 0.3) is 0 Å². The number of fused-ring (bicyclic) bond motifs is 1. The van der Waals surface area contributed by atoms with Crippen molar-refractivity contribution in [1.82, 2.24) is 0 Å². The molecule has 2 aliphatic rings. The molecule has 1 saturated heterocycles. The van der Waals surface area contributed by atoms with Crippen LogP contribution in [-0.4, -0.2) is 56.6 Å². The summed E-state index contributed by atoms with van der Waals surface area (Å²) < 4.78 is 16.8. The number of amides is 2. The van der Waals surface area contributed by atoms with Crippen molar-refractivity contribution in [2.24, 2.45) is 5.92 Å². The van der Waals surface area contributed by atoms with Gasteiger partial charge in [0.1, 0.15) is 12.2 Å². The summed E-state index contributed by atoms with van der Waals surface area (Å²) in [7, 11) is 0. The first kappa shape index (κ1) is 21.6. The van der Waals surface area contributed by atoms with Crippen LogP contribution in [0, 0.1) is 5.92 Å². The zero-order valence-electron chi connectivity index (χ0n) is 17.8. The van der Waals surface area contributed by atoms with Gasteiger partial charge in [0, 0.05) is 19.7 Å². The first-order valence-electron chi connectivity index (χ1n) is 10.3. The molecule has 2 heterocycles. The van der Waals surface area contributed by atoms with E-state index in [9.17, 15) is 9.59 Å². The lowest BCUT2D eigenvalue weighted by molar-refractivity contribution is -0.124. The van der Waals surface area contributed by atoms with Crippen LogP contribution >= 0.6 is 0 Å². The Hall–Kier alpha value is -2.12. The fourth-order valence-electron chi connectivity index (χ4n) is 3.66. The molecule has 2 atom stereocenters. The van der Waals surface area contributed by atoms with Crippen LogP contribution < -0.4 is 9.80 Å². The second kappa shape index (κ2) is 9.13. The van der Waals surface area contributed by atoms with E-state index in [0.717, 1.165) is 19.4 Å². The Morgan fingerprint density at radius 1 is 1.14 bits per heavy atom. The van der Waals surface area contributed by atoms with Gasteiger partial charge < -0.3 is 19.1 Å². The number of hydrogen-bond donors (Lipinski definition) is 0. The minimum atomic E-state index is -0.590. The lowest BCUT2D eigenvalue weighted by Gasteiger charge is -2.28. The summed E-state index contributed by atoms with van der Waals surface area (Å²) in [6.45, 7) is 9.74. The van der Waals surface area contributed by atoms with Crippen molar-refractivity contribution in [1.29, 1.82) is 0 Å². The maximum Gasteiger partial charge on any atom is 0.414 e. The molecular weight excluding hydrogens is 372 g/mol. The molecule has 3 rings (SSSR count). The normalized spacial score (nSPS) is 22.2. The monoisotopic (exact) mass is 404 g/mol. The number of hydrogen-bond acceptors (Lipinski definition) is 5. The molecular formula is C22H32N2O5. The first-order valence-corrected chi connectivity index (χ1v) is 10.3. The molecule has 29 heavy (non-hydrogen) atoms. The van der Waals surface area contributed by atoms with Crippen molar-refractivity contribution in [2.75, 3.05) is 42.7 Å². The van der Waals surface area contributed by atoms with Crippen LogP contribution in [0.15, 0.2) is 24.3 Å². The van der Waals surface area contributed by atoms with Gasteiger partial charge in [-0.2, -0.15) is 0 Å². The summed E-state index contributed by atoms with van der Waals surface area (Å²) in [5.41, 5.74) is 0.791. The van der Waals surface area contributed by atoms with E-state index in [1.165, 1.54) is 0 Å². The molecule has 1 fully saturated rings. The highest BCUT2D eigenvalue weighted by Gasteiger charge is 2.33. The van der Waals surface area contributed by atoms with E-state index in [1.54, 1.807) is 9.80 Å². The number of ether oxygens (including phenoxy) is 3. The van der Waals surface area contributed by atoms with E-state index in [-0.39, 0.29) is 24.5 Å². The molecule has 2 aliphatic heterocycles. The molecule has 0 N–H and O–H groups in total. The predicted molar refractivity (Wildman–Crippen MR) is 111 cm³/mol. The molecule has 2 unspecified atom stereocenters. The lowest BCUT2D eigenvalue weighted by atomic mass is 10.1. The Labute approximate surface area is 172 Å². The molecule has 2 amide bonds. The van der Waals surface area contributed by atoms with Crippen molar-refractivity contribution in [3.05, 3.63) is 24.3 Å². The molecule has 0 bridgehead atoms. The predicted octanol–water partition coefficient (Wildman–Crippen LogP) is 3.61. The molecule has 0 aromatic heterocycles. The van der Waals surface area contributed by atoms with E-state index < -0.39 is 11.7 Å². The van der Waals surface area contributed by atoms with Gasteiger partial charge in [-0.15, -0.1) is 0 Å². The van der Waals surface area contributed by atoms with Gasteiger partial charge in [-0.25, -0.2) is 4.79 Å². The average molecular weight is 405 g/mol. The molecule has 0 radical (unpaired) electrons. The summed E-state index contributed by atoms with van der Waals surface area (Å²) >= 11 is 0. The smallest absolute Gasteiger partial charge is 0.414 e. The zero-order valence-corrected chi connectivity index (χ0v) is 17.8.